The zero-order valence-electron chi connectivity index (χ0n) is 14.5. The molecule has 0 unspecified atom stereocenters. The summed E-state index contributed by atoms with van der Waals surface area (Å²) in [5.74, 6) is 0. The normalized spacial score (nSPS) is 13.3. The maximum absolute atomic E-state index is 11.7. The Hall–Kier alpha value is -0.590. The third kappa shape index (κ3) is 7.23. The van der Waals surface area contributed by atoms with Gasteiger partial charge in [-0.15, -0.1) is 4.57 Å². The predicted octanol–water partition coefficient (Wildman–Crippen LogP) is 0.814. The number of hydrogen-bond donors (Lipinski definition) is 1. The Kier molecular flexibility index (Phi) is 10.6. The number of rotatable bonds is 11. The molecule has 0 atom stereocenters. The lowest BCUT2D eigenvalue weighted by atomic mass is 10.1. The molecule has 1 N–H and O–H groups in total. The van der Waals surface area contributed by atoms with E-state index in [0.29, 0.717) is 0 Å². The molecule has 0 spiro atoms. The van der Waals surface area contributed by atoms with Gasteiger partial charge in [-0.3, -0.25) is 0 Å². The van der Waals surface area contributed by atoms with Gasteiger partial charge in [0.25, 0.3) is 6.33 Å². The third-order valence-corrected chi connectivity index (χ3v) is 4.53. The minimum absolute atomic E-state index is 0. The molecule has 0 bridgehead atoms. The summed E-state index contributed by atoms with van der Waals surface area (Å²) in [6.45, 7) is 4.07. The molecule has 1 aromatic heterocycles. The lowest BCUT2D eigenvalue weighted by molar-refractivity contribution is -0.696. The molecule has 0 aromatic carbocycles. The molecule has 1 aromatic rings. The molecule has 1 amide bonds. The maximum Gasteiger partial charge on any atom is 0.413 e. The zero-order chi connectivity index (χ0) is 15.6. The van der Waals surface area contributed by atoms with Gasteiger partial charge in [-0.05, 0) is 12.8 Å². The average molecular weight is 433 g/mol. The van der Waals surface area contributed by atoms with Crippen LogP contribution in [-0.2, 0) is 13.0 Å². The third-order valence-electron chi connectivity index (χ3n) is 4.53. The highest BCUT2D eigenvalue weighted by atomic mass is 127. The van der Waals surface area contributed by atoms with Crippen molar-refractivity contribution in [2.24, 2.45) is 0 Å². The molecule has 2 rings (SSSR count). The zero-order valence-corrected chi connectivity index (χ0v) is 16.7. The van der Waals surface area contributed by atoms with E-state index < -0.39 is 0 Å². The smallest absolute Gasteiger partial charge is 0.413 e. The summed E-state index contributed by atoms with van der Waals surface area (Å²) in [6, 6.07) is 0.0167. The number of nitrogens with one attached hydrogen (secondary N) is 1. The Morgan fingerprint density at radius 2 is 1.65 bits per heavy atom. The molecule has 2 heterocycles. The molecule has 1 aliphatic heterocycles. The molecule has 4 nitrogen and oxygen atoms in total. The molecule has 0 aliphatic carbocycles. The average Bonchev–Trinajstić information content (AvgIpc) is 2.94. The Morgan fingerprint density at radius 1 is 1.04 bits per heavy atom. The number of aryl methyl sites for hydroxylation is 1. The second kappa shape index (κ2) is 11.9. The molecule has 0 fully saturated rings. The number of carbonyl (C=O) groups excluding carboxylic acids is 1. The van der Waals surface area contributed by atoms with Crippen molar-refractivity contribution in [1.82, 2.24) is 9.88 Å². The maximum atomic E-state index is 11.7. The molecule has 1 aliphatic rings. The van der Waals surface area contributed by atoms with Gasteiger partial charge in [0.2, 0.25) is 0 Å². The van der Waals surface area contributed by atoms with Gasteiger partial charge >= 0.3 is 6.03 Å². The van der Waals surface area contributed by atoms with E-state index in [9.17, 15) is 4.79 Å². The van der Waals surface area contributed by atoms with Gasteiger partial charge in [0.05, 0.1) is 6.54 Å². The SMILES string of the molecule is CCCCCCCCCCCC[n+]1cc2n(c1)C(=O)NCC2.[I-]. The molecule has 0 saturated heterocycles. The first-order valence-electron chi connectivity index (χ1n) is 9.20. The number of hydrogen-bond acceptors (Lipinski definition) is 1. The van der Waals surface area contributed by atoms with Crippen molar-refractivity contribution in [1.29, 1.82) is 0 Å². The molecule has 132 valence electrons. The number of imidazole rings is 1. The highest BCUT2D eigenvalue weighted by molar-refractivity contribution is 5.77. The van der Waals surface area contributed by atoms with Crippen LogP contribution in [0.1, 0.15) is 76.8 Å². The van der Waals surface area contributed by atoms with Gasteiger partial charge in [-0.2, -0.15) is 0 Å². The first-order chi connectivity index (χ1) is 10.8. The lowest BCUT2D eigenvalue weighted by Crippen LogP contribution is -3.00. The summed E-state index contributed by atoms with van der Waals surface area (Å²) in [5, 5.41) is 2.87. The lowest BCUT2D eigenvalue weighted by Gasteiger charge is -2.07. The van der Waals surface area contributed by atoms with Crippen LogP contribution in [0.15, 0.2) is 12.5 Å². The van der Waals surface area contributed by atoms with Crippen LogP contribution in [0.3, 0.4) is 0 Å². The quantitative estimate of drug-likeness (QED) is 0.313. The van der Waals surface area contributed by atoms with Gasteiger partial charge in [0, 0.05) is 13.0 Å². The minimum atomic E-state index is 0. The number of halogens is 1. The van der Waals surface area contributed by atoms with Crippen LogP contribution >= 0.6 is 0 Å². The largest absolute Gasteiger partial charge is 1.00 e. The standard InChI is InChI=1S/C18H31N3O.HI/c1-2-3-4-5-6-7-8-9-10-11-14-20-15-17-12-13-19-18(22)21(17)16-20;/h15-16H,2-14H2,1H3;1H. The van der Waals surface area contributed by atoms with Gasteiger partial charge in [0.1, 0.15) is 6.20 Å². The summed E-state index contributed by atoms with van der Waals surface area (Å²) in [4.78, 5) is 11.7. The number of carbonyl (C=O) groups is 1. The van der Waals surface area contributed by atoms with E-state index in [0.717, 1.165) is 25.2 Å². The Labute approximate surface area is 158 Å². The molecular weight excluding hydrogens is 401 g/mol. The van der Waals surface area contributed by atoms with E-state index in [1.54, 1.807) is 4.57 Å². The Balaban J connectivity index is 0.00000264. The number of nitrogens with zero attached hydrogens (tertiary/aromatic N) is 2. The molecular formula is C18H32IN3O. The second-order valence-corrected chi connectivity index (χ2v) is 6.51. The van der Waals surface area contributed by atoms with E-state index in [1.807, 2.05) is 6.33 Å². The number of amides is 1. The number of aromatic nitrogens is 2. The van der Waals surface area contributed by atoms with E-state index in [4.69, 9.17) is 0 Å². The van der Waals surface area contributed by atoms with Gasteiger partial charge in [-0.1, -0.05) is 58.3 Å². The number of unbranched alkanes of at least 4 members (excludes halogenated alkanes) is 9. The van der Waals surface area contributed by atoms with E-state index in [-0.39, 0.29) is 30.0 Å². The fourth-order valence-electron chi connectivity index (χ4n) is 3.16. The highest BCUT2D eigenvalue weighted by Gasteiger charge is 2.23. The van der Waals surface area contributed by atoms with Crippen LogP contribution in [-0.4, -0.2) is 17.1 Å². The van der Waals surface area contributed by atoms with Crippen molar-refractivity contribution in [2.45, 2.75) is 84.1 Å². The summed E-state index contributed by atoms with van der Waals surface area (Å²) < 4.78 is 3.92. The van der Waals surface area contributed by atoms with Gasteiger partial charge in [0.15, 0.2) is 5.69 Å². The fraction of sp³-hybridized carbons (Fsp3) is 0.778. The van der Waals surface area contributed by atoms with Crippen molar-refractivity contribution in [3.05, 3.63) is 18.2 Å². The Bertz CT molecular complexity index is 459. The van der Waals surface area contributed by atoms with Crippen molar-refractivity contribution >= 4 is 6.03 Å². The van der Waals surface area contributed by atoms with Crippen molar-refractivity contribution < 1.29 is 33.3 Å². The van der Waals surface area contributed by atoms with Crippen molar-refractivity contribution in [3.63, 3.8) is 0 Å². The van der Waals surface area contributed by atoms with Gasteiger partial charge in [-0.25, -0.2) is 9.36 Å². The highest BCUT2D eigenvalue weighted by Crippen LogP contribution is 2.10. The van der Waals surface area contributed by atoms with Crippen LogP contribution in [0.4, 0.5) is 4.79 Å². The van der Waals surface area contributed by atoms with Crippen LogP contribution in [0.5, 0.6) is 0 Å². The molecule has 0 radical (unpaired) electrons. The molecule has 23 heavy (non-hydrogen) atoms. The van der Waals surface area contributed by atoms with Crippen LogP contribution in [0, 0.1) is 0 Å². The Morgan fingerprint density at radius 3 is 2.26 bits per heavy atom. The van der Waals surface area contributed by atoms with Gasteiger partial charge < -0.3 is 29.3 Å². The predicted molar refractivity (Wildman–Crippen MR) is 89.0 cm³/mol. The van der Waals surface area contributed by atoms with Crippen molar-refractivity contribution in [2.75, 3.05) is 6.54 Å². The van der Waals surface area contributed by atoms with Crippen LogP contribution < -0.4 is 33.9 Å². The molecule has 5 heteroatoms. The summed E-state index contributed by atoms with van der Waals surface area (Å²) >= 11 is 0. The van der Waals surface area contributed by atoms with E-state index in [1.165, 1.54) is 64.2 Å². The topological polar surface area (TPSA) is 37.9 Å². The second-order valence-electron chi connectivity index (χ2n) is 6.51. The van der Waals surface area contributed by atoms with Crippen LogP contribution in [0.2, 0.25) is 0 Å². The molecule has 0 saturated carbocycles. The van der Waals surface area contributed by atoms with Crippen molar-refractivity contribution in [3.8, 4) is 0 Å². The van der Waals surface area contributed by atoms with Crippen LogP contribution in [0.25, 0.3) is 0 Å². The summed E-state index contributed by atoms with van der Waals surface area (Å²) in [7, 11) is 0. The first kappa shape index (κ1) is 20.5. The fourth-order valence-corrected chi connectivity index (χ4v) is 3.16. The minimum Gasteiger partial charge on any atom is -1.00 e. The summed E-state index contributed by atoms with van der Waals surface area (Å²) in [6.07, 6.45) is 18.6. The van der Waals surface area contributed by atoms with E-state index >= 15 is 0 Å². The summed E-state index contributed by atoms with van der Waals surface area (Å²) in [5.41, 5.74) is 1.14. The first-order valence-corrected chi connectivity index (χ1v) is 9.20. The number of fused-ring (bicyclic) bond motifs is 1. The van der Waals surface area contributed by atoms with E-state index in [2.05, 4.69) is 23.0 Å². The monoisotopic (exact) mass is 433 g/mol.